The predicted molar refractivity (Wildman–Crippen MR) is 91.5 cm³/mol. The number of nitrogens with one attached hydrogen (secondary N) is 2. The zero-order valence-electron chi connectivity index (χ0n) is 12.2. The van der Waals surface area contributed by atoms with Crippen LogP contribution >= 0.6 is 35.0 Å². The van der Waals surface area contributed by atoms with Crippen molar-refractivity contribution in [1.29, 1.82) is 0 Å². The van der Waals surface area contributed by atoms with Crippen LogP contribution in [0.4, 0.5) is 5.69 Å². The predicted octanol–water partition coefficient (Wildman–Crippen LogP) is 3.33. The molecule has 9 heteroatoms. The van der Waals surface area contributed by atoms with Gasteiger partial charge in [0, 0.05) is 11.1 Å². The Morgan fingerprint density at radius 2 is 2.22 bits per heavy atom. The van der Waals surface area contributed by atoms with Gasteiger partial charge in [0.05, 0.1) is 16.0 Å². The molecular weight excluding hydrogens is 359 g/mol. The fourth-order valence-electron chi connectivity index (χ4n) is 2.07. The minimum atomic E-state index is -0.447. The summed E-state index contributed by atoms with van der Waals surface area (Å²) in [5.41, 5.74) is 0.221. The molecule has 6 nitrogen and oxygen atoms in total. The molecule has 1 fully saturated rings. The number of hydrogen-bond acceptors (Lipinski definition) is 4. The topological polar surface area (TPSA) is 79.8 Å². The third-order valence-electron chi connectivity index (χ3n) is 3.42. The Kier molecular flexibility index (Phi) is 4.70. The maximum atomic E-state index is 12.3. The van der Waals surface area contributed by atoms with Gasteiger partial charge in [-0.25, -0.2) is 9.89 Å². The Hall–Kier alpha value is -1.44. The van der Waals surface area contributed by atoms with Crippen molar-refractivity contribution in [3.63, 3.8) is 0 Å². The molecule has 23 heavy (non-hydrogen) atoms. The Morgan fingerprint density at radius 3 is 2.91 bits per heavy atom. The molecule has 0 saturated heterocycles. The highest BCUT2D eigenvalue weighted by Crippen LogP contribution is 2.37. The highest BCUT2D eigenvalue weighted by Gasteiger charge is 2.30. The second kappa shape index (κ2) is 6.59. The quantitative estimate of drug-likeness (QED) is 0.788. The van der Waals surface area contributed by atoms with Crippen LogP contribution in [0.5, 0.6) is 0 Å². The smallest absolute Gasteiger partial charge is 0.324 e. The molecule has 1 amide bonds. The lowest BCUT2D eigenvalue weighted by Crippen LogP contribution is -2.24. The zero-order valence-corrected chi connectivity index (χ0v) is 14.5. The van der Waals surface area contributed by atoms with E-state index in [1.807, 2.05) is 0 Å². The lowest BCUT2D eigenvalue weighted by molar-refractivity contribution is -0.115. The standard InChI is InChI=1S/C14H14Cl2N4O2S/c1-7(12(21)17-11-6-8(15)2-5-10(11)16)23-14-19-18-13(22)20(14)9-3-4-9/h2,5-7,9H,3-4H2,1H3,(H,17,21)(H,18,22)/t7-/m0/s1. The summed E-state index contributed by atoms with van der Waals surface area (Å²) in [5.74, 6) is -0.239. The van der Waals surface area contributed by atoms with Crippen molar-refractivity contribution < 1.29 is 4.79 Å². The van der Waals surface area contributed by atoms with E-state index in [2.05, 4.69) is 15.5 Å². The van der Waals surface area contributed by atoms with E-state index >= 15 is 0 Å². The van der Waals surface area contributed by atoms with Gasteiger partial charge in [-0.1, -0.05) is 35.0 Å². The van der Waals surface area contributed by atoms with Gasteiger partial charge in [-0.3, -0.25) is 9.36 Å². The van der Waals surface area contributed by atoms with Crippen LogP contribution in [0.1, 0.15) is 25.8 Å². The Labute approximate surface area is 146 Å². The number of H-pyrrole nitrogens is 1. The molecule has 0 unspecified atom stereocenters. The van der Waals surface area contributed by atoms with E-state index in [-0.39, 0.29) is 17.6 Å². The van der Waals surface area contributed by atoms with Gasteiger partial charge < -0.3 is 5.32 Å². The number of carbonyl (C=O) groups excluding carboxylic acids is 1. The van der Waals surface area contributed by atoms with E-state index in [0.29, 0.717) is 20.9 Å². The van der Waals surface area contributed by atoms with Crippen LogP contribution in [0.3, 0.4) is 0 Å². The number of benzene rings is 1. The number of nitrogens with zero attached hydrogens (tertiary/aromatic N) is 2. The van der Waals surface area contributed by atoms with E-state index in [1.54, 1.807) is 29.7 Å². The van der Waals surface area contributed by atoms with E-state index in [1.165, 1.54) is 11.8 Å². The van der Waals surface area contributed by atoms with Crippen LogP contribution in [-0.2, 0) is 4.79 Å². The Morgan fingerprint density at radius 1 is 1.48 bits per heavy atom. The van der Waals surface area contributed by atoms with E-state index in [9.17, 15) is 9.59 Å². The molecule has 1 heterocycles. The van der Waals surface area contributed by atoms with Crippen molar-refractivity contribution in [1.82, 2.24) is 14.8 Å². The summed E-state index contributed by atoms with van der Waals surface area (Å²) in [6.45, 7) is 1.74. The first-order chi connectivity index (χ1) is 11.0. The first-order valence-corrected chi connectivity index (χ1v) is 8.68. The molecule has 0 bridgehead atoms. The van der Waals surface area contributed by atoms with Crippen molar-refractivity contribution in [3.05, 3.63) is 38.7 Å². The molecule has 122 valence electrons. The van der Waals surface area contributed by atoms with Crippen molar-refractivity contribution in [2.45, 2.75) is 36.2 Å². The Bertz CT molecular complexity index is 800. The minimum Gasteiger partial charge on any atom is -0.324 e. The largest absolute Gasteiger partial charge is 0.344 e. The average Bonchev–Trinajstić information content (AvgIpc) is 3.27. The lowest BCUT2D eigenvalue weighted by atomic mass is 10.3. The number of thioether (sulfide) groups is 1. The van der Waals surface area contributed by atoms with Gasteiger partial charge in [-0.05, 0) is 38.0 Å². The number of rotatable bonds is 5. The highest BCUT2D eigenvalue weighted by molar-refractivity contribution is 8.00. The number of hydrogen-bond donors (Lipinski definition) is 2. The van der Waals surface area contributed by atoms with E-state index < -0.39 is 5.25 Å². The molecule has 2 aromatic rings. The third kappa shape index (κ3) is 3.73. The second-order valence-corrected chi connectivity index (χ2v) is 7.44. The SMILES string of the molecule is C[C@H](Sc1n[nH]c(=O)n1C1CC1)C(=O)Nc1cc(Cl)ccc1Cl. The minimum absolute atomic E-state index is 0.196. The average molecular weight is 373 g/mol. The second-order valence-electron chi connectivity index (χ2n) is 5.29. The van der Waals surface area contributed by atoms with Crippen molar-refractivity contribution >= 4 is 46.6 Å². The van der Waals surface area contributed by atoms with Gasteiger partial charge >= 0.3 is 5.69 Å². The summed E-state index contributed by atoms with van der Waals surface area (Å²) >= 11 is 13.2. The first-order valence-electron chi connectivity index (χ1n) is 7.05. The maximum Gasteiger partial charge on any atom is 0.344 e. The van der Waals surface area contributed by atoms with Crippen molar-refractivity contribution in [2.75, 3.05) is 5.32 Å². The van der Waals surface area contributed by atoms with Gasteiger partial charge in [-0.15, -0.1) is 5.10 Å². The van der Waals surface area contributed by atoms with Crippen LogP contribution in [0.15, 0.2) is 28.2 Å². The van der Waals surface area contributed by atoms with Gasteiger partial charge in [0.1, 0.15) is 0 Å². The summed E-state index contributed by atoms with van der Waals surface area (Å²) in [7, 11) is 0. The van der Waals surface area contributed by atoms with Gasteiger partial charge in [0.2, 0.25) is 5.91 Å². The fourth-order valence-corrected chi connectivity index (χ4v) is 3.33. The van der Waals surface area contributed by atoms with Crippen molar-refractivity contribution in [3.8, 4) is 0 Å². The molecule has 0 spiro atoms. The van der Waals surface area contributed by atoms with Crippen LogP contribution in [0.25, 0.3) is 0 Å². The van der Waals surface area contributed by atoms with Crippen LogP contribution in [0.2, 0.25) is 10.0 Å². The van der Waals surface area contributed by atoms with Gasteiger partial charge in [0.25, 0.3) is 0 Å². The summed E-state index contributed by atoms with van der Waals surface area (Å²) in [4.78, 5) is 24.1. The number of anilines is 1. The van der Waals surface area contributed by atoms with Crippen LogP contribution < -0.4 is 11.0 Å². The molecular formula is C14H14Cl2N4O2S. The molecule has 1 saturated carbocycles. The summed E-state index contributed by atoms with van der Waals surface area (Å²) in [6.07, 6.45) is 1.93. The monoisotopic (exact) mass is 372 g/mol. The summed E-state index contributed by atoms with van der Waals surface area (Å²) in [6, 6.07) is 5.06. The molecule has 0 aliphatic heterocycles. The molecule has 1 aliphatic carbocycles. The van der Waals surface area contributed by atoms with E-state index in [0.717, 1.165) is 12.8 Å². The number of halogens is 2. The van der Waals surface area contributed by atoms with E-state index in [4.69, 9.17) is 23.2 Å². The van der Waals surface area contributed by atoms with Gasteiger partial charge in [-0.2, -0.15) is 0 Å². The number of aromatic amines is 1. The molecule has 1 atom stereocenters. The zero-order chi connectivity index (χ0) is 16.6. The first kappa shape index (κ1) is 16.4. The van der Waals surface area contributed by atoms with Crippen LogP contribution in [-0.4, -0.2) is 25.9 Å². The van der Waals surface area contributed by atoms with Crippen LogP contribution in [0, 0.1) is 0 Å². The number of carbonyl (C=O) groups is 1. The summed E-state index contributed by atoms with van der Waals surface area (Å²) < 4.78 is 1.61. The molecule has 0 radical (unpaired) electrons. The Balaban J connectivity index is 1.71. The van der Waals surface area contributed by atoms with Crippen molar-refractivity contribution in [2.24, 2.45) is 0 Å². The lowest BCUT2D eigenvalue weighted by Gasteiger charge is -2.13. The number of aromatic nitrogens is 3. The molecule has 1 aromatic heterocycles. The summed E-state index contributed by atoms with van der Waals surface area (Å²) in [5, 5.41) is 10.2. The highest BCUT2D eigenvalue weighted by atomic mass is 35.5. The molecule has 3 rings (SSSR count). The van der Waals surface area contributed by atoms with Gasteiger partial charge in [0.15, 0.2) is 5.16 Å². The fraction of sp³-hybridized carbons (Fsp3) is 0.357. The number of amides is 1. The normalized spacial score (nSPS) is 15.4. The maximum absolute atomic E-state index is 12.3. The third-order valence-corrected chi connectivity index (χ3v) is 5.05. The molecule has 2 N–H and O–H groups in total. The molecule has 1 aliphatic rings. The molecule has 1 aromatic carbocycles.